The van der Waals surface area contributed by atoms with Crippen LogP contribution in [-0.2, 0) is 5.88 Å². The van der Waals surface area contributed by atoms with Gasteiger partial charge in [-0.1, -0.05) is 11.6 Å². The highest BCUT2D eigenvalue weighted by molar-refractivity contribution is 6.32. The van der Waals surface area contributed by atoms with Gasteiger partial charge in [0.15, 0.2) is 0 Å². The maximum Gasteiger partial charge on any atom is 0.278 e. The Kier molecular flexibility index (Phi) is 3.27. The standard InChI is InChI=1S/C7H5Cl2F2NO/c8-2-3-1-4(6(10)11)12-7(13)5(3)9/h1,6H,2H2,(H,12,13). The summed E-state index contributed by atoms with van der Waals surface area (Å²) in [5, 5.41) is -0.139. The summed E-state index contributed by atoms with van der Waals surface area (Å²) in [6, 6.07) is 1.08. The van der Waals surface area contributed by atoms with Gasteiger partial charge in [-0.15, -0.1) is 11.6 Å². The number of halogens is 4. The van der Waals surface area contributed by atoms with E-state index in [1.807, 2.05) is 4.98 Å². The van der Waals surface area contributed by atoms with Gasteiger partial charge >= 0.3 is 0 Å². The largest absolute Gasteiger partial charge is 0.320 e. The summed E-state index contributed by atoms with van der Waals surface area (Å²) in [7, 11) is 0. The molecule has 0 amide bonds. The normalized spacial score (nSPS) is 10.8. The Balaban J connectivity index is 3.31. The molecule has 1 rings (SSSR count). The molecule has 0 atom stereocenters. The van der Waals surface area contributed by atoms with Gasteiger partial charge in [0, 0.05) is 5.88 Å². The van der Waals surface area contributed by atoms with E-state index < -0.39 is 17.7 Å². The number of nitrogens with one attached hydrogen (secondary N) is 1. The molecule has 1 aromatic heterocycles. The van der Waals surface area contributed by atoms with Crippen LogP contribution in [0.25, 0.3) is 0 Å². The Morgan fingerprint density at radius 1 is 1.54 bits per heavy atom. The molecule has 0 aliphatic heterocycles. The van der Waals surface area contributed by atoms with E-state index in [1.165, 1.54) is 0 Å². The molecule has 1 heterocycles. The zero-order chi connectivity index (χ0) is 10.0. The van der Waals surface area contributed by atoms with Crippen molar-refractivity contribution in [1.29, 1.82) is 0 Å². The minimum Gasteiger partial charge on any atom is -0.320 e. The molecule has 0 saturated carbocycles. The second kappa shape index (κ2) is 4.07. The van der Waals surface area contributed by atoms with E-state index in [0.29, 0.717) is 0 Å². The zero-order valence-electron chi connectivity index (χ0n) is 6.28. The van der Waals surface area contributed by atoms with Crippen LogP contribution in [0.4, 0.5) is 8.78 Å². The summed E-state index contributed by atoms with van der Waals surface area (Å²) in [5.74, 6) is -0.0670. The quantitative estimate of drug-likeness (QED) is 0.775. The molecule has 0 aliphatic carbocycles. The lowest BCUT2D eigenvalue weighted by Gasteiger charge is -2.03. The first-order chi connectivity index (χ1) is 6.06. The first-order valence-corrected chi connectivity index (χ1v) is 4.23. The van der Waals surface area contributed by atoms with Gasteiger partial charge in [-0.05, 0) is 11.6 Å². The third-order valence-corrected chi connectivity index (χ3v) is 2.15. The number of alkyl halides is 3. The van der Waals surface area contributed by atoms with Crippen LogP contribution in [0.2, 0.25) is 5.02 Å². The number of pyridine rings is 1. The van der Waals surface area contributed by atoms with Crippen LogP contribution in [0.3, 0.4) is 0 Å². The maximum atomic E-state index is 12.1. The van der Waals surface area contributed by atoms with Gasteiger partial charge in [-0.3, -0.25) is 4.79 Å². The lowest BCUT2D eigenvalue weighted by atomic mass is 10.2. The van der Waals surface area contributed by atoms with Gasteiger partial charge in [0.2, 0.25) is 0 Å². The highest BCUT2D eigenvalue weighted by Crippen LogP contribution is 2.20. The second-order valence-corrected chi connectivity index (χ2v) is 2.97. The summed E-state index contributed by atoms with van der Waals surface area (Å²) in [6.07, 6.45) is -2.73. The molecule has 72 valence electrons. The highest BCUT2D eigenvalue weighted by atomic mass is 35.5. The van der Waals surface area contributed by atoms with E-state index in [-0.39, 0.29) is 16.5 Å². The molecule has 0 saturated heterocycles. The average Bonchev–Trinajstić information content (AvgIpc) is 2.09. The number of aromatic nitrogens is 1. The first kappa shape index (κ1) is 10.5. The van der Waals surface area contributed by atoms with Crippen molar-refractivity contribution in [3.63, 3.8) is 0 Å². The summed E-state index contributed by atoms with van der Waals surface area (Å²) >= 11 is 10.9. The van der Waals surface area contributed by atoms with Crippen molar-refractivity contribution in [3.8, 4) is 0 Å². The molecular formula is C7H5Cl2F2NO. The van der Waals surface area contributed by atoms with E-state index in [4.69, 9.17) is 23.2 Å². The summed E-state index contributed by atoms with van der Waals surface area (Å²) in [5.41, 5.74) is -0.998. The van der Waals surface area contributed by atoms with Crippen LogP contribution >= 0.6 is 23.2 Å². The summed E-state index contributed by atoms with van der Waals surface area (Å²) in [4.78, 5) is 12.9. The zero-order valence-corrected chi connectivity index (χ0v) is 7.79. The fourth-order valence-electron chi connectivity index (χ4n) is 0.834. The predicted octanol–water partition coefficient (Wildman–Crippen LogP) is 2.70. The number of H-pyrrole nitrogens is 1. The van der Waals surface area contributed by atoms with Crippen LogP contribution in [0.15, 0.2) is 10.9 Å². The highest BCUT2D eigenvalue weighted by Gasteiger charge is 2.12. The van der Waals surface area contributed by atoms with Gasteiger partial charge in [0.25, 0.3) is 12.0 Å². The molecule has 6 heteroatoms. The van der Waals surface area contributed by atoms with Crippen molar-refractivity contribution in [1.82, 2.24) is 4.98 Å². The molecular weight excluding hydrogens is 223 g/mol. The van der Waals surface area contributed by atoms with Crippen molar-refractivity contribution >= 4 is 23.2 Å². The lowest BCUT2D eigenvalue weighted by Crippen LogP contribution is -2.11. The average molecular weight is 228 g/mol. The topological polar surface area (TPSA) is 32.9 Å². The van der Waals surface area contributed by atoms with Crippen LogP contribution in [0.1, 0.15) is 17.7 Å². The van der Waals surface area contributed by atoms with Gasteiger partial charge in [0.05, 0.1) is 5.69 Å². The number of rotatable bonds is 2. The smallest absolute Gasteiger partial charge is 0.278 e. The number of hydrogen-bond acceptors (Lipinski definition) is 1. The van der Waals surface area contributed by atoms with E-state index in [9.17, 15) is 13.6 Å². The first-order valence-electron chi connectivity index (χ1n) is 3.32. The molecule has 1 N–H and O–H groups in total. The van der Waals surface area contributed by atoms with Gasteiger partial charge in [-0.2, -0.15) is 0 Å². The van der Waals surface area contributed by atoms with E-state index in [1.54, 1.807) is 0 Å². The summed E-state index contributed by atoms with van der Waals surface area (Å²) in [6.45, 7) is 0. The molecule has 2 nitrogen and oxygen atoms in total. The minimum absolute atomic E-state index is 0.0670. The van der Waals surface area contributed by atoms with Crippen molar-refractivity contribution < 1.29 is 8.78 Å². The fourth-order valence-corrected chi connectivity index (χ4v) is 1.28. The summed E-state index contributed by atoms with van der Waals surface area (Å²) < 4.78 is 24.3. The van der Waals surface area contributed by atoms with Crippen molar-refractivity contribution in [2.45, 2.75) is 12.3 Å². The van der Waals surface area contributed by atoms with Crippen molar-refractivity contribution in [2.24, 2.45) is 0 Å². The second-order valence-electron chi connectivity index (χ2n) is 2.33. The van der Waals surface area contributed by atoms with Crippen molar-refractivity contribution in [3.05, 3.63) is 32.7 Å². The molecule has 0 aliphatic rings. The van der Waals surface area contributed by atoms with E-state index in [2.05, 4.69) is 0 Å². The molecule has 13 heavy (non-hydrogen) atoms. The lowest BCUT2D eigenvalue weighted by molar-refractivity contribution is 0.145. The minimum atomic E-state index is -2.73. The van der Waals surface area contributed by atoms with Crippen LogP contribution < -0.4 is 5.56 Å². The Morgan fingerprint density at radius 2 is 2.15 bits per heavy atom. The molecule has 0 fully saturated rings. The van der Waals surface area contributed by atoms with Crippen LogP contribution in [0, 0.1) is 0 Å². The van der Waals surface area contributed by atoms with Crippen LogP contribution in [-0.4, -0.2) is 4.98 Å². The Labute approximate surface area is 82.5 Å². The molecule has 0 unspecified atom stereocenters. The van der Waals surface area contributed by atoms with Crippen LogP contribution in [0.5, 0.6) is 0 Å². The SMILES string of the molecule is O=c1[nH]c(C(F)F)cc(CCl)c1Cl. The van der Waals surface area contributed by atoms with Gasteiger partial charge < -0.3 is 4.98 Å². The Bertz CT molecular complexity index is 364. The molecule has 1 aromatic rings. The van der Waals surface area contributed by atoms with Gasteiger partial charge in [-0.25, -0.2) is 8.78 Å². The molecule has 0 aromatic carbocycles. The van der Waals surface area contributed by atoms with Gasteiger partial charge in [0.1, 0.15) is 5.02 Å². The fraction of sp³-hybridized carbons (Fsp3) is 0.286. The molecule has 0 spiro atoms. The van der Waals surface area contributed by atoms with E-state index in [0.717, 1.165) is 6.07 Å². The monoisotopic (exact) mass is 227 g/mol. The molecule has 0 bridgehead atoms. The molecule has 0 radical (unpaired) electrons. The maximum absolute atomic E-state index is 12.1. The third kappa shape index (κ3) is 2.19. The number of aromatic amines is 1. The van der Waals surface area contributed by atoms with Crippen molar-refractivity contribution in [2.75, 3.05) is 0 Å². The Morgan fingerprint density at radius 3 is 2.62 bits per heavy atom. The predicted molar refractivity (Wildman–Crippen MR) is 46.6 cm³/mol. The Hall–Kier alpha value is -0.610. The number of hydrogen-bond donors (Lipinski definition) is 1. The van der Waals surface area contributed by atoms with E-state index >= 15 is 0 Å². The third-order valence-electron chi connectivity index (χ3n) is 1.45.